The fourth-order valence-corrected chi connectivity index (χ4v) is 4.12. The minimum Gasteiger partial charge on any atom is -0.497 e. The van der Waals surface area contributed by atoms with Crippen molar-refractivity contribution in [3.05, 3.63) is 58.8 Å². The van der Waals surface area contributed by atoms with Gasteiger partial charge >= 0.3 is 0 Å². The van der Waals surface area contributed by atoms with Gasteiger partial charge in [-0.1, -0.05) is 27.9 Å². The first kappa shape index (κ1) is 17.9. The molecule has 0 atom stereocenters. The van der Waals surface area contributed by atoms with E-state index >= 15 is 0 Å². The topological polar surface area (TPSA) is 78.6 Å². The molecule has 0 unspecified atom stereocenters. The highest BCUT2D eigenvalue weighted by Crippen LogP contribution is 2.31. The fourth-order valence-electron chi connectivity index (χ4n) is 2.43. The number of ether oxygens (including phenoxy) is 1. The van der Waals surface area contributed by atoms with Crippen LogP contribution in [-0.4, -0.2) is 36.4 Å². The molecule has 0 aliphatic carbocycles. The molecule has 10 heteroatoms. The maximum atomic E-state index is 6.11. The van der Waals surface area contributed by atoms with E-state index in [0.29, 0.717) is 10.1 Å². The van der Waals surface area contributed by atoms with E-state index < -0.39 is 0 Å². The standard InChI is InChI=1S/C17H13ClN6OS2/c1-25-13-4-2-12(3-5-13)24-16(11-6-8-19-9-7-11)21-22-17(24)26-10-14-15(18)27-23-20-14/h2-9H,10H2,1H3. The Morgan fingerprint density at radius 1 is 1.07 bits per heavy atom. The van der Waals surface area contributed by atoms with E-state index in [1.54, 1.807) is 19.5 Å². The lowest BCUT2D eigenvalue weighted by atomic mass is 10.2. The van der Waals surface area contributed by atoms with Crippen LogP contribution in [-0.2, 0) is 5.75 Å². The van der Waals surface area contributed by atoms with Gasteiger partial charge in [-0.25, -0.2) is 0 Å². The zero-order chi connectivity index (χ0) is 18.6. The number of rotatable bonds is 6. The van der Waals surface area contributed by atoms with Gasteiger partial charge in [-0.2, -0.15) is 0 Å². The van der Waals surface area contributed by atoms with Gasteiger partial charge in [0.2, 0.25) is 0 Å². The van der Waals surface area contributed by atoms with E-state index in [-0.39, 0.29) is 0 Å². The highest BCUT2D eigenvalue weighted by molar-refractivity contribution is 7.98. The summed E-state index contributed by atoms with van der Waals surface area (Å²) < 4.78 is 11.7. The van der Waals surface area contributed by atoms with E-state index in [4.69, 9.17) is 16.3 Å². The number of halogens is 1. The van der Waals surface area contributed by atoms with Crippen molar-refractivity contribution in [1.29, 1.82) is 0 Å². The second kappa shape index (κ2) is 8.03. The quantitative estimate of drug-likeness (QED) is 0.437. The third-order valence-corrected chi connectivity index (χ3v) is 5.67. The molecule has 0 aliphatic rings. The summed E-state index contributed by atoms with van der Waals surface area (Å²) >= 11 is 8.79. The van der Waals surface area contributed by atoms with Crippen LogP contribution in [0.1, 0.15) is 5.69 Å². The van der Waals surface area contributed by atoms with Crippen molar-refractivity contribution >= 4 is 34.9 Å². The van der Waals surface area contributed by atoms with Gasteiger partial charge in [0.1, 0.15) is 15.8 Å². The second-order valence-corrected chi connectivity index (χ2v) is 7.66. The first-order valence-corrected chi connectivity index (χ1v) is 9.99. The van der Waals surface area contributed by atoms with Crippen molar-refractivity contribution in [1.82, 2.24) is 29.3 Å². The zero-order valence-electron chi connectivity index (χ0n) is 14.1. The highest BCUT2D eigenvalue weighted by atomic mass is 35.5. The van der Waals surface area contributed by atoms with Crippen LogP contribution in [0.25, 0.3) is 17.1 Å². The highest BCUT2D eigenvalue weighted by Gasteiger charge is 2.17. The third kappa shape index (κ3) is 3.80. The van der Waals surface area contributed by atoms with E-state index in [9.17, 15) is 0 Å². The molecule has 27 heavy (non-hydrogen) atoms. The van der Waals surface area contributed by atoms with E-state index in [0.717, 1.165) is 33.7 Å². The number of hydrogen-bond donors (Lipinski definition) is 0. The van der Waals surface area contributed by atoms with Crippen LogP contribution in [0.2, 0.25) is 4.34 Å². The summed E-state index contributed by atoms with van der Waals surface area (Å²) in [4.78, 5) is 4.07. The van der Waals surface area contributed by atoms with E-state index in [1.165, 1.54) is 23.3 Å². The minimum atomic E-state index is 0.556. The van der Waals surface area contributed by atoms with Crippen molar-refractivity contribution < 1.29 is 4.74 Å². The van der Waals surface area contributed by atoms with Gasteiger partial charge in [0.05, 0.1) is 7.11 Å². The maximum absolute atomic E-state index is 6.11. The summed E-state index contributed by atoms with van der Waals surface area (Å²) in [5.41, 5.74) is 2.59. The SMILES string of the molecule is COc1ccc(-n2c(SCc3nnsc3Cl)nnc2-c2ccncc2)cc1. The number of thioether (sulfide) groups is 1. The molecule has 1 aromatic carbocycles. The summed E-state index contributed by atoms with van der Waals surface area (Å²) in [5, 5.41) is 13.6. The number of aromatic nitrogens is 6. The summed E-state index contributed by atoms with van der Waals surface area (Å²) in [6.45, 7) is 0. The molecule has 3 aromatic heterocycles. The van der Waals surface area contributed by atoms with Crippen LogP contribution in [0, 0.1) is 0 Å². The summed E-state index contributed by atoms with van der Waals surface area (Å²) in [7, 11) is 1.64. The van der Waals surface area contributed by atoms with Crippen LogP contribution in [0.4, 0.5) is 0 Å². The number of methoxy groups -OCH3 is 1. The zero-order valence-corrected chi connectivity index (χ0v) is 16.5. The van der Waals surface area contributed by atoms with Crippen LogP contribution >= 0.6 is 34.9 Å². The molecule has 0 aliphatic heterocycles. The maximum Gasteiger partial charge on any atom is 0.196 e. The molecule has 0 fully saturated rings. The van der Waals surface area contributed by atoms with Gasteiger partial charge in [-0.3, -0.25) is 9.55 Å². The number of pyridine rings is 1. The van der Waals surface area contributed by atoms with Crippen molar-refractivity contribution in [2.45, 2.75) is 10.9 Å². The summed E-state index contributed by atoms with van der Waals surface area (Å²) in [6.07, 6.45) is 3.46. The Morgan fingerprint density at radius 2 is 1.85 bits per heavy atom. The summed E-state index contributed by atoms with van der Waals surface area (Å²) in [6, 6.07) is 11.5. The average molecular weight is 417 g/mol. The Hall–Kier alpha value is -2.49. The largest absolute Gasteiger partial charge is 0.497 e. The van der Waals surface area contributed by atoms with Gasteiger partial charge in [0, 0.05) is 40.9 Å². The van der Waals surface area contributed by atoms with Crippen LogP contribution in [0.15, 0.2) is 53.9 Å². The molecule has 0 spiro atoms. The minimum absolute atomic E-state index is 0.556. The van der Waals surface area contributed by atoms with Crippen LogP contribution < -0.4 is 4.74 Å². The summed E-state index contributed by atoms with van der Waals surface area (Å²) in [5.74, 6) is 2.07. The first-order chi connectivity index (χ1) is 13.3. The molecule has 4 aromatic rings. The molecule has 4 rings (SSSR count). The normalized spacial score (nSPS) is 10.9. The molecule has 0 bridgehead atoms. The number of nitrogens with zero attached hydrogens (tertiary/aromatic N) is 6. The lowest BCUT2D eigenvalue weighted by Crippen LogP contribution is -2.00. The Morgan fingerprint density at radius 3 is 2.52 bits per heavy atom. The molecular formula is C17H13ClN6OS2. The van der Waals surface area contributed by atoms with Gasteiger partial charge in [0.25, 0.3) is 0 Å². The third-order valence-electron chi connectivity index (χ3n) is 3.75. The fraction of sp³-hybridized carbons (Fsp3) is 0.118. The average Bonchev–Trinajstić information content (AvgIpc) is 3.33. The van der Waals surface area contributed by atoms with Gasteiger partial charge in [0.15, 0.2) is 11.0 Å². The molecule has 3 heterocycles. The smallest absolute Gasteiger partial charge is 0.196 e. The molecule has 136 valence electrons. The molecule has 0 saturated heterocycles. The van der Waals surface area contributed by atoms with Crippen molar-refractivity contribution in [3.63, 3.8) is 0 Å². The van der Waals surface area contributed by atoms with E-state index in [1.807, 2.05) is 41.0 Å². The Balaban J connectivity index is 1.74. The van der Waals surface area contributed by atoms with Gasteiger partial charge in [-0.15, -0.1) is 15.3 Å². The lowest BCUT2D eigenvalue weighted by molar-refractivity contribution is 0.414. The Labute approximate surface area is 168 Å². The Kier molecular flexibility index (Phi) is 5.33. The van der Waals surface area contributed by atoms with Crippen LogP contribution in [0.3, 0.4) is 0 Å². The number of hydrogen-bond acceptors (Lipinski definition) is 8. The van der Waals surface area contributed by atoms with Crippen molar-refractivity contribution in [2.24, 2.45) is 0 Å². The Bertz CT molecular complexity index is 1040. The first-order valence-electron chi connectivity index (χ1n) is 7.86. The van der Waals surface area contributed by atoms with Gasteiger partial charge < -0.3 is 4.74 Å². The second-order valence-electron chi connectivity index (χ2n) is 5.36. The molecule has 0 N–H and O–H groups in total. The molecule has 0 amide bonds. The lowest BCUT2D eigenvalue weighted by Gasteiger charge is -2.10. The monoisotopic (exact) mass is 416 g/mol. The van der Waals surface area contributed by atoms with E-state index in [2.05, 4.69) is 24.8 Å². The van der Waals surface area contributed by atoms with Crippen molar-refractivity contribution in [2.75, 3.05) is 7.11 Å². The van der Waals surface area contributed by atoms with Crippen molar-refractivity contribution in [3.8, 4) is 22.8 Å². The molecular weight excluding hydrogens is 404 g/mol. The predicted molar refractivity (Wildman–Crippen MR) is 106 cm³/mol. The molecule has 0 saturated carbocycles. The molecule has 7 nitrogen and oxygen atoms in total. The van der Waals surface area contributed by atoms with Gasteiger partial charge in [-0.05, 0) is 36.4 Å². The number of benzene rings is 1. The predicted octanol–water partition coefficient (Wildman–Crippen LogP) is 4.14. The molecule has 0 radical (unpaired) electrons. The van der Waals surface area contributed by atoms with Crippen LogP contribution in [0.5, 0.6) is 5.75 Å².